The van der Waals surface area contributed by atoms with Gasteiger partial charge in [0.15, 0.2) is 11.1 Å². The molecule has 3 aromatic rings. The minimum Gasteiger partial charge on any atom is -0.488 e. The summed E-state index contributed by atoms with van der Waals surface area (Å²) in [6, 6.07) is 13.8. The third-order valence-corrected chi connectivity index (χ3v) is 4.16. The Hall–Kier alpha value is -2.68. The van der Waals surface area contributed by atoms with Crippen LogP contribution in [0.25, 0.3) is 11.1 Å². The van der Waals surface area contributed by atoms with E-state index in [1.165, 1.54) is 5.56 Å². The van der Waals surface area contributed by atoms with Gasteiger partial charge in [-0.2, -0.15) is 0 Å². The molecule has 0 aliphatic heterocycles. The van der Waals surface area contributed by atoms with Crippen LogP contribution in [0.4, 0.5) is 5.69 Å². The molecule has 128 valence electrons. The molecule has 0 aliphatic carbocycles. The molecule has 0 saturated heterocycles. The molecule has 0 saturated carbocycles. The quantitative estimate of drug-likeness (QED) is 0.703. The van der Waals surface area contributed by atoms with Crippen LogP contribution in [0.15, 0.2) is 52.3 Å². The lowest BCUT2D eigenvalue weighted by Crippen LogP contribution is -2.37. The number of nitrogens with zero attached hydrogens (tertiary/aromatic N) is 1. The Morgan fingerprint density at radius 2 is 1.56 bits per heavy atom. The molecule has 0 spiro atoms. The van der Waals surface area contributed by atoms with E-state index in [1.54, 1.807) is 0 Å². The van der Waals surface area contributed by atoms with E-state index < -0.39 is 0 Å². The van der Waals surface area contributed by atoms with Gasteiger partial charge in [-0.05, 0) is 51.3 Å². The van der Waals surface area contributed by atoms with Crippen LogP contribution in [-0.4, -0.2) is 6.10 Å². The molecule has 0 aromatic heterocycles. The Kier molecular flexibility index (Phi) is 4.58. The first-order valence-electron chi connectivity index (χ1n) is 8.56. The summed E-state index contributed by atoms with van der Waals surface area (Å²) in [5, 5.41) is 0.419. The second-order valence-electron chi connectivity index (χ2n) is 6.77. The molecule has 0 aliphatic rings. The van der Waals surface area contributed by atoms with Gasteiger partial charge in [-0.15, -0.1) is 0 Å². The molecule has 0 fully saturated rings. The van der Waals surface area contributed by atoms with Crippen molar-refractivity contribution in [3.63, 3.8) is 0 Å². The Morgan fingerprint density at radius 3 is 2.12 bits per heavy atom. The number of aryl methyl sites for hydroxylation is 3. The zero-order valence-corrected chi connectivity index (χ0v) is 15.4. The molecule has 25 heavy (non-hydrogen) atoms. The molecule has 0 heterocycles. The summed E-state index contributed by atoms with van der Waals surface area (Å²) in [7, 11) is 0. The maximum atomic E-state index is 12.8. The topological polar surface area (TPSA) is 38.7 Å². The Labute approximate surface area is 148 Å². The van der Waals surface area contributed by atoms with Crippen LogP contribution < -0.4 is 15.5 Å². The van der Waals surface area contributed by atoms with Crippen molar-refractivity contribution in [2.45, 2.75) is 40.7 Å². The minimum absolute atomic E-state index is 0.0211. The largest absolute Gasteiger partial charge is 0.488 e. The summed E-state index contributed by atoms with van der Waals surface area (Å²) in [4.78, 5) is 17.5. The molecule has 3 aromatic carbocycles. The normalized spacial score (nSPS) is 12.2. The highest BCUT2D eigenvalue weighted by atomic mass is 16.5. The highest BCUT2D eigenvalue weighted by Crippen LogP contribution is 2.29. The van der Waals surface area contributed by atoms with Crippen LogP contribution >= 0.6 is 0 Å². The van der Waals surface area contributed by atoms with Crippen molar-refractivity contribution in [2.24, 2.45) is 4.99 Å². The summed E-state index contributed by atoms with van der Waals surface area (Å²) < 4.78 is 5.94. The van der Waals surface area contributed by atoms with Crippen molar-refractivity contribution in [1.82, 2.24) is 0 Å². The first-order chi connectivity index (χ1) is 11.9. The van der Waals surface area contributed by atoms with Crippen molar-refractivity contribution in [1.29, 1.82) is 0 Å². The van der Waals surface area contributed by atoms with E-state index in [0.717, 1.165) is 22.4 Å². The lowest BCUT2D eigenvalue weighted by atomic mass is 9.99. The van der Waals surface area contributed by atoms with Crippen molar-refractivity contribution in [3.05, 3.63) is 74.7 Å². The standard InChI is InChI=1S/C22H23NO2/c1-13(2)25-22-18(17-9-7-6-8-10-17)21(24)20(22)23-19-15(4)11-14(3)12-16(19)5/h6-13H,1-5H3. The summed E-state index contributed by atoms with van der Waals surface area (Å²) in [5.41, 5.74) is 5.62. The molecule has 3 nitrogen and oxygen atoms in total. The molecule has 0 N–H and O–H groups in total. The SMILES string of the molecule is Cc1cc(C)c(N=c2c(OC(C)C)c(-c3ccccc3)c2=O)c(C)c1. The molecule has 0 atom stereocenters. The van der Waals surface area contributed by atoms with Gasteiger partial charge in [0.05, 0.1) is 17.4 Å². The second-order valence-corrected chi connectivity index (χ2v) is 6.77. The fourth-order valence-electron chi connectivity index (χ4n) is 3.16. The van der Waals surface area contributed by atoms with Gasteiger partial charge in [-0.3, -0.25) is 4.79 Å². The van der Waals surface area contributed by atoms with E-state index >= 15 is 0 Å². The fourth-order valence-corrected chi connectivity index (χ4v) is 3.16. The second kappa shape index (κ2) is 6.67. The van der Waals surface area contributed by atoms with Gasteiger partial charge in [0, 0.05) is 0 Å². The maximum Gasteiger partial charge on any atom is 0.219 e. The van der Waals surface area contributed by atoms with Gasteiger partial charge in [-0.25, -0.2) is 4.99 Å². The zero-order valence-electron chi connectivity index (χ0n) is 15.4. The third kappa shape index (κ3) is 3.27. The molecule has 0 bridgehead atoms. The Morgan fingerprint density at radius 1 is 0.960 bits per heavy atom. The van der Waals surface area contributed by atoms with E-state index in [9.17, 15) is 4.79 Å². The van der Waals surface area contributed by atoms with Gasteiger partial charge in [0.1, 0.15) is 0 Å². The summed E-state index contributed by atoms with van der Waals surface area (Å²) in [6.07, 6.45) is -0.0211. The predicted molar refractivity (Wildman–Crippen MR) is 102 cm³/mol. The van der Waals surface area contributed by atoms with Gasteiger partial charge in [0.25, 0.3) is 0 Å². The molecule has 3 heteroatoms. The Balaban J connectivity index is 2.20. The van der Waals surface area contributed by atoms with Crippen molar-refractivity contribution >= 4 is 5.69 Å². The molecule has 0 unspecified atom stereocenters. The number of ether oxygens (including phenoxy) is 1. The minimum atomic E-state index is -0.0544. The predicted octanol–water partition coefficient (Wildman–Crippen LogP) is 4.53. The van der Waals surface area contributed by atoms with Crippen LogP contribution in [0.1, 0.15) is 30.5 Å². The van der Waals surface area contributed by atoms with Crippen LogP contribution in [0.5, 0.6) is 5.75 Å². The lowest BCUT2D eigenvalue weighted by Gasteiger charge is -2.18. The third-order valence-electron chi connectivity index (χ3n) is 4.16. The average molecular weight is 333 g/mol. The number of hydrogen-bond acceptors (Lipinski definition) is 3. The molecular weight excluding hydrogens is 310 g/mol. The summed E-state index contributed by atoms with van der Waals surface area (Å²) >= 11 is 0. The lowest BCUT2D eigenvalue weighted by molar-refractivity contribution is 0.237. The van der Waals surface area contributed by atoms with E-state index in [-0.39, 0.29) is 11.5 Å². The van der Waals surface area contributed by atoms with Crippen molar-refractivity contribution in [2.75, 3.05) is 0 Å². The van der Waals surface area contributed by atoms with Crippen LogP contribution in [0.3, 0.4) is 0 Å². The summed E-state index contributed by atoms with van der Waals surface area (Å²) in [5.74, 6) is 0.602. The smallest absolute Gasteiger partial charge is 0.219 e. The maximum absolute atomic E-state index is 12.8. The van der Waals surface area contributed by atoms with Gasteiger partial charge in [0.2, 0.25) is 5.43 Å². The first-order valence-corrected chi connectivity index (χ1v) is 8.56. The van der Waals surface area contributed by atoms with E-state index in [4.69, 9.17) is 4.74 Å². The van der Waals surface area contributed by atoms with Gasteiger partial charge < -0.3 is 4.74 Å². The van der Waals surface area contributed by atoms with Crippen LogP contribution in [0, 0.1) is 20.8 Å². The summed E-state index contributed by atoms with van der Waals surface area (Å²) in [6.45, 7) is 10.0. The van der Waals surface area contributed by atoms with E-state index in [2.05, 4.69) is 24.0 Å². The van der Waals surface area contributed by atoms with E-state index in [0.29, 0.717) is 16.7 Å². The Bertz CT molecular complexity index is 968. The fraction of sp³-hybridized carbons (Fsp3) is 0.273. The van der Waals surface area contributed by atoms with Crippen molar-refractivity contribution in [3.8, 4) is 16.9 Å². The van der Waals surface area contributed by atoms with Gasteiger partial charge in [-0.1, -0.05) is 48.0 Å². The molecule has 0 radical (unpaired) electrons. The highest BCUT2D eigenvalue weighted by Gasteiger charge is 2.23. The molecular formula is C22H23NO2. The van der Waals surface area contributed by atoms with Crippen LogP contribution in [-0.2, 0) is 0 Å². The molecule has 3 rings (SSSR count). The van der Waals surface area contributed by atoms with E-state index in [1.807, 2.05) is 58.0 Å². The molecule has 0 amide bonds. The number of hydrogen-bond donors (Lipinski definition) is 0. The van der Waals surface area contributed by atoms with Crippen LogP contribution in [0.2, 0.25) is 0 Å². The first kappa shape index (κ1) is 17.2. The highest BCUT2D eigenvalue weighted by molar-refractivity contribution is 5.74. The van der Waals surface area contributed by atoms with Gasteiger partial charge >= 0.3 is 0 Å². The van der Waals surface area contributed by atoms with Crippen molar-refractivity contribution < 1.29 is 4.74 Å². The number of benzene rings is 2. The number of rotatable bonds is 4. The zero-order chi connectivity index (χ0) is 18.1. The average Bonchev–Trinajstić information content (AvgIpc) is 2.54. The monoisotopic (exact) mass is 333 g/mol.